The van der Waals surface area contributed by atoms with Crippen LogP contribution in [-0.4, -0.2) is 28.3 Å². The van der Waals surface area contributed by atoms with Crippen LogP contribution in [0.25, 0.3) is 22.2 Å². The third-order valence-electron chi connectivity index (χ3n) is 4.72. The first kappa shape index (κ1) is 19.9. The minimum atomic E-state index is -0.755. The van der Waals surface area contributed by atoms with Gasteiger partial charge in [0.1, 0.15) is 0 Å². The molecule has 0 radical (unpaired) electrons. The molecular formula is C24H16N2O5. The van der Waals surface area contributed by atoms with Crippen molar-refractivity contribution in [2.45, 2.75) is 0 Å². The van der Waals surface area contributed by atoms with Gasteiger partial charge in [0.25, 0.3) is 5.69 Å². The molecule has 7 nitrogen and oxygen atoms in total. The van der Waals surface area contributed by atoms with Gasteiger partial charge in [-0.3, -0.25) is 14.9 Å². The number of Topliss-reactive ketones (excluding diaryl/α,β-unsaturated/α-hetero) is 1. The largest absolute Gasteiger partial charge is 0.454 e. The molecule has 152 valence electrons. The predicted octanol–water partition coefficient (Wildman–Crippen LogP) is 4.85. The van der Waals surface area contributed by atoms with Crippen molar-refractivity contribution in [2.75, 3.05) is 6.61 Å². The highest BCUT2D eigenvalue weighted by Crippen LogP contribution is 2.28. The summed E-state index contributed by atoms with van der Waals surface area (Å²) in [6, 6.07) is 23.3. The van der Waals surface area contributed by atoms with Gasteiger partial charge in [0.2, 0.25) is 0 Å². The second-order valence-corrected chi connectivity index (χ2v) is 6.74. The van der Waals surface area contributed by atoms with Crippen molar-refractivity contribution in [1.29, 1.82) is 0 Å². The maximum absolute atomic E-state index is 12.9. The number of ketones is 1. The molecule has 7 heteroatoms. The van der Waals surface area contributed by atoms with Crippen molar-refractivity contribution in [3.63, 3.8) is 0 Å². The number of benzene rings is 3. The number of rotatable bonds is 6. The van der Waals surface area contributed by atoms with Gasteiger partial charge in [-0.2, -0.15) is 0 Å². The van der Waals surface area contributed by atoms with Crippen LogP contribution in [0.4, 0.5) is 5.69 Å². The summed E-state index contributed by atoms with van der Waals surface area (Å²) in [7, 11) is 0. The molecular weight excluding hydrogens is 396 g/mol. The van der Waals surface area contributed by atoms with E-state index in [9.17, 15) is 19.7 Å². The van der Waals surface area contributed by atoms with E-state index in [2.05, 4.69) is 4.98 Å². The van der Waals surface area contributed by atoms with Crippen LogP contribution in [-0.2, 0) is 4.74 Å². The Morgan fingerprint density at radius 1 is 0.903 bits per heavy atom. The molecule has 0 N–H and O–H groups in total. The number of pyridine rings is 1. The van der Waals surface area contributed by atoms with E-state index in [4.69, 9.17) is 4.74 Å². The lowest BCUT2D eigenvalue weighted by Gasteiger charge is -2.10. The smallest absolute Gasteiger partial charge is 0.339 e. The van der Waals surface area contributed by atoms with Crippen molar-refractivity contribution in [1.82, 2.24) is 4.98 Å². The maximum atomic E-state index is 12.9. The molecule has 31 heavy (non-hydrogen) atoms. The van der Waals surface area contributed by atoms with E-state index >= 15 is 0 Å². The van der Waals surface area contributed by atoms with Crippen molar-refractivity contribution >= 4 is 28.3 Å². The van der Waals surface area contributed by atoms with Gasteiger partial charge < -0.3 is 4.74 Å². The number of carbonyl (C=O) groups excluding carboxylic acids is 2. The zero-order valence-electron chi connectivity index (χ0n) is 16.2. The molecule has 4 rings (SSSR count). The number of carbonyl (C=O) groups is 2. The topological polar surface area (TPSA) is 99.4 Å². The SMILES string of the molecule is O=C(COC(=O)c1cc(-c2ccccc2)nc2ccc([N+](=O)[O-])cc12)c1ccccc1. The molecule has 1 heterocycles. The third-order valence-corrected chi connectivity index (χ3v) is 4.72. The first-order valence-electron chi connectivity index (χ1n) is 9.43. The number of nitrogens with zero attached hydrogens (tertiary/aromatic N) is 2. The fourth-order valence-corrected chi connectivity index (χ4v) is 3.17. The van der Waals surface area contributed by atoms with Crippen LogP contribution in [0.2, 0.25) is 0 Å². The van der Waals surface area contributed by atoms with E-state index in [-0.39, 0.29) is 22.4 Å². The fraction of sp³-hybridized carbons (Fsp3) is 0.0417. The minimum absolute atomic E-state index is 0.105. The standard InChI is InChI=1S/C24H16N2O5/c27-23(17-9-5-2-6-10-17)15-31-24(28)20-14-22(16-7-3-1-4-8-16)25-21-12-11-18(26(29)30)13-19(20)21/h1-14H,15H2. The zero-order chi connectivity index (χ0) is 21.8. The lowest BCUT2D eigenvalue weighted by molar-refractivity contribution is -0.384. The van der Waals surface area contributed by atoms with Crippen LogP contribution >= 0.6 is 0 Å². The van der Waals surface area contributed by atoms with Gasteiger partial charge in [-0.1, -0.05) is 60.7 Å². The molecule has 0 fully saturated rings. The van der Waals surface area contributed by atoms with Crippen molar-refractivity contribution in [2.24, 2.45) is 0 Å². The molecule has 4 aromatic rings. The first-order valence-corrected chi connectivity index (χ1v) is 9.43. The van der Waals surface area contributed by atoms with Crippen LogP contribution in [0.3, 0.4) is 0 Å². The van der Waals surface area contributed by atoms with Gasteiger partial charge in [-0.15, -0.1) is 0 Å². The van der Waals surface area contributed by atoms with Gasteiger partial charge in [0, 0.05) is 28.6 Å². The van der Waals surface area contributed by atoms with Gasteiger partial charge in [0.15, 0.2) is 12.4 Å². The number of non-ortho nitro benzene ring substituents is 1. The summed E-state index contributed by atoms with van der Waals surface area (Å²) >= 11 is 0. The number of nitro groups is 1. The molecule has 0 amide bonds. The Labute approximate surface area is 177 Å². The summed E-state index contributed by atoms with van der Waals surface area (Å²) in [5.41, 5.74) is 2.06. The highest BCUT2D eigenvalue weighted by atomic mass is 16.6. The lowest BCUT2D eigenvalue weighted by Crippen LogP contribution is -2.15. The van der Waals surface area contributed by atoms with Crippen molar-refractivity contribution in [3.8, 4) is 11.3 Å². The number of nitro benzene ring substituents is 1. The van der Waals surface area contributed by atoms with E-state index < -0.39 is 17.5 Å². The summed E-state index contributed by atoms with van der Waals surface area (Å²) in [4.78, 5) is 40.4. The van der Waals surface area contributed by atoms with E-state index in [0.717, 1.165) is 5.56 Å². The van der Waals surface area contributed by atoms with Gasteiger partial charge in [-0.05, 0) is 12.1 Å². The number of esters is 1. The van der Waals surface area contributed by atoms with E-state index in [1.807, 2.05) is 30.3 Å². The Morgan fingerprint density at radius 2 is 1.58 bits per heavy atom. The second kappa shape index (κ2) is 8.54. The monoisotopic (exact) mass is 412 g/mol. The lowest BCUT2D eigenvalue weighted by atomic mass is 10.0. The summed E-state index contributed by atoms with van der Waals surface area (Å²) in [5.74, 6) is -1.10. The summed E-state index contributed by atoms with van der Waals surface area (Å²) in [6.45, 7) is -0.442. The molecule has 0 spiro atoms. The second-order valence-electron chi connectivity index (χ2n) is 6.74. The average Bonchev–Trinajstić information content (AvgIpc) is 2.82. The minimum Gasteiger partial charge on any atom is -0.454 e. The van der Waals surface area contributed by atoms with Crippen LogP contribution in [0.15, 0.2) is 84.9 Å². The van der Waals surface area contributed by atoms with Crippen molar-refractivity contribution in [3.05, 3.63) is 106 Å². The van der Waals surface area contributed by atoms with Crippen LogP contribution < -0.4 is 0 Å². The van der Waals surface area contributed by atoms with Gasteiger partial charge in [-0.25, -0.2) is 9.78 Å². The number of ether oxygens (including phenoxy) is 1. The van der Waals surface area contributed by atoms with Crippen LogP contribution in [0.1, 0.15) is 20.7 Å². The zero-order valence-corrected chi connectivity index (χ0v) is 16.2. The number of hydrogen-bond acceptors (Lipinski definition) is 6. The van der Waals surface area contributed by atoms with Crippen molar-refractivity contribution < 1.29 is 19.2 Å². The molecule has 0 unspecified atom stereocenters. The Bertz CT molecular complexity index is 1290. The fourth-order valence-electron chi connectivity index (χ4n) is 3.17. The molecule has 0 aliphatic rings. The highest BCUT2D eigenvalue weighted by Gasteiger charge is 2.19. The Morgan fingerprint density at radius 3 is 2.26 bits per heavy atom. The first-order chi connectivity index (χ1) is 15.0. The van der Waals surface area contributed by atoms with Gasteiger partial charge >= 0.3 is 5.97 Å². The average molecular weight is 412 g/mol. The molecule has 0 bridgehead atoms. The van der Waals surface area contributed by atoms with Gasteiger partial charge in [0.05, 0.1) is 21.7 Å². The maximum Gasteiger partial charge on any atom is 0.339 e. The summed E-state index contributed by atoms with van der Waals surface area (Å²) in [5, 5.41) is 11.5. The quantitative estimate of drug-likeness (QED) is 0.194. The molecule has 0 aliphatic carbocycles. The molecule has 0 saturated heterocycles. The number of fused-ring (bicyclic) bond motifs is 1. The van der Waals surface area contributed by atoms with E-state index in [0.29, 0.717) is 16.8 Å². The highest BCUT2D eigenvalue weighted by molar-refractivity contribution is 6.06. The predicted molar refractivity (Wildman–Crippen MR) is 115 cm³/mol. The summed E-state index contributed by atoms with van der Waals surface area (Å²) in [6.07, 6.45) is 0. The number of hydrogen-bond donors (Lipinski definition) is 0. The van der Waals surface area contributed by atoms with Crippen LogP contribution in [0.5, 0.6) is 0 Å². The molecule has 0 aliphatic heterocycles. The van der Waals surface area contributed by atoms with E-state index in [1.165, 1.54) is 24.3 Å². The Hall–Kier alpha value is -4.39. The normalized spacial score (nSPS) is 10.6. The summed E-state index contributed by atoms with van der Waals surface area (Å²) < 4.78 is 5.26. The number of aromatic nitrogens is 1. The Balaban J connectivity index is 1.72. The molecule has 1 aromatic heterocycles. The van der Waals surface area contributed by atoms with E-state index in [1.54, 1.807) is 30.3 Å². The molecule has 3 aromatic carbocycles. The third kappa shape index (κ3) is 4.30. The Kier molecular flexibility index (Phi) is 5.49. The van der Waals surface area contributed by atoms with Crippen LogP contribution in [0, 0.1) is 10.1 Å². The molecule has 0 atom stereocenters. The molecule has 0 saturated carbocycles.